The third-order valence-electron chi connectivity index (χ3n) is 2.52. The van der Waals surface area contributed by atoms with Crippen molar-refractivity contribution in [3.63, 3.8) is 0 Å². The molecular weight excluding hydrogens is 266 g/mol. The summed E-state index contributed by atoms with van der Waals surface area (Å²) in [5.41, 5.74) is 1.06. The maximum absolute atomic E-state index is 11.6. The van der Waals surface area contributed by atoms with Crippen LogP contribution in [0.1, 0.15) is 12.5 Å². The molecule has 2 unspecified atom stereocenters. The van der Waals surface area contributed by atoms with E-state index in [0.29, 0.717) is 0 Å². The van der Waals surface area contributed by atoms with E-state index in [2.05, 4.69) is 5.32 Å². The van der Waals surface area contributed by atoms with Gasteiger partial charge < -0.3 is 15.5 Å². The highest BCUT2D eigenvalue weighted by Crippen LogP contribution is 2.21. The van der Waals surface area contributed by atoms with E-state index in [-0.39, 0.29) is 5.75 Å². The maximum atomic E-state index is 11.6. The second kappa shape index (κ2) is 7.16. The highest BCUT2D eigenvalue weighted by molar-refractivity contribution is 8.00. The molecular formula is C13H17NO4S. The number of benzene rings is 1. The maximum Gasteiger partial charge on any atom is 0.328 e. The molecule has 0 bridgehead atoms. The molecule has 104 valence electrons. The van der Waals surface area contributed by atoms with Crippen molar-refractivity contribution < 1.29 is 19.8 Å². The van der Waals surface area contributed by atoms with Gasteiger partial charge in [-0.1, -0.05) is 18.2 Å². The number of hydrogen-bond donors (Lipinski definition) is 3. The number of carboxylic acids is 1. The number of thioether (sulfide) groups is 1. The molecule has 6 heteroatoms. The first-order chi connectivity index (χ1) is 8.91. The van der Waals surface area contributed by atoms with Crippen molar-refractivity contribution in [3.05, 3.63) is 29.8 Å². The van der Waals surface area contributed by atoms with E-state index in [9.17, 15) is 14.7 Å². The number of carboxylic acid groups (broad SMARTS) is 1. The molecule has 1 rings (SSSR count). The molecule has 0 heterocycles. The van der Waals surface area contributed by atoms with Gasteiger partial charge in [0, 0.05) is 4.90 Å². The molecule has 0 radical (unpaired) electrons. The van der Waals surface area contributed by atoms with Gasteiger partial charge in [-0.3, -0.25) is 4.79 Å². The van der Waals surface area contributed by atoms with Crippen LogP contribution in [0.3, 0.4) is 0 Å². The Bertz CT molecular complexity index is 462. The summed E-state index contributed by atoms with van der Waals surface area (Å²) >= 11 is 1.33. The summed E-state index contributed by atoms with van der Waals surface area (Å²) in [5, 5.41) is 20.4. The molecule has 0 aromatic heterocycles. The summed E-state index contributed by atoms with van der Waals surface area (Å²) in [5.74, 6) is -1.55. The summed E-state index contributed by atoms with van der Waals surface area (Å²) in [6, 6.07) is 6.35. The number of carbonyl (C=O) groups excluding carboxylic acids is 1. The molecule has 1 aromatic rings. The predicted octanol–water partition coefficient (Wildman–Crippen LogP) is 1.04. The molecule has 0 spiro atoms. The lowest BCUT2D eigenvalue weighted by Crippen LogP contribution is -2.48. The van der Waals surface area contributed by atoms with Gasteiger partial charge >= 0.3 is 5.97 Å². The topological polar surface area (TPSA) is 86.6 Å². The van der Waals surface area contributed by atoms with Crippen molar-refractivity contribution in [3.8, 4) is 0 Å². The van der Waals surface area contributed by atoms with Gasteiger partial charge in [0.25, 0.3) is 0 Å². The second-order valence-electron chi connectivity index (χ2n) is 4.18. The normalized spacial score (nSPS) is 13.6. The van der Waals surface area contributed by atoms with Gasteiger partial charge in [-0.2, -0.15) is 0 Å². The zero-order chi connectivity index (χ0) is 14.4. The third-order valence-corrected chi connectivity index (χ3v) is 3.69. The summed E-state index contributed by atoms with van der Waals surface area (Å²) in [6.45, 7) is 3.27. The van der Waals surface area contributed by atoms with Crippen molar-refractivity contribution in [2.75, 3.05) is 5.75 Å². The van der Waals surface area contributed by atoms with Gasteiger partial charge in [-0.05, 0) is 25.5 Å². The average molecular weight is 283 g/mol. The molecule has 0 aliphatic carbocycles. The fourth-order valence-corrected chi connectivity index (χ4v) is 2.31. The van der Waals surface area contributed by atoms with Crippen LogP contribution in [0.5, 0.6) is 0 Å². The van der Waals surface area contributed by atoms with E-state index in [4.69, 9.17) is 5.11 Å². The molecule has 0 aliphatic heterocycles. The summed E-state index contributed by atoms with van der Waals surface area (Å²) in [7, 11) is 0. The molecule has 0 fully saturated rings. The van der Waals surface area contributed by atoms with Crippen LogP contribution in [0.2, 0.25) is 0 Å². The Hall–Kier alpha value is -1.53. The van der Waals surface area contributed by atoms with Crippen molar-refractivity contribution >= 4 is 23.6 Å². The first-order valence-corrected chi connectivity index (χ1v) is 6.79. The Morgan fingerprint density at radius 1 is 1.37 bits per heavy atom. The van der Waals surface area contributed by atoms with Crippen LogP contribution < -0.4 is 5.32 Å². The smallest absolute Gasteiger partial charge is 0.328 e. The number of aliphatic hydroxyl groups excluding tert-OH is 1. The predicted molar refractivity (Wildman–Crippen MR) is 73.2 cm³/mol. The van der Waals surface area contributed by atoms with Gasteiger partial charge in [-0.15, -0.1) is 11.8 Å². The monoisotopic (exact) mass is 283 g/mol. The van der Waals surface area contributed by atoms with E-state index < -0.39 is 24.0 Å². The molecule has 0 saturated carbocycles. The number of aryl methyl sites for hydroxylation is 1. The number of nitrogens with one attached hydrogen (secondary N) is 1. The van der Waals surface area contributed by atoms with E-state index in [1.165, 1.54) is 18.7 Å². The van der Waals surface area contributed by atoms with Crippen LogP contribution in [0.25, 0.3) is 0 Å². The molecule has 2 atom stereocenters. The Morgan fingerprint density at radius 3 is 2.53 bits per heavy atom. The van der Waals surface area contributed by atoms with Crippen molar-refractivity contribution in [1.82, 2.24) is 5.32 Å². The number of rotatable bonds is 6. The third kappa shape index (κ3) is 4.92. The number of amides is 1. The standard InChI is InChI=1S/C13H17NO4S/c1-8-5-3-4-6-10(8)19-7-11(16)14-12(9(2)15)13(17)18/h3-6,9,12,15H,7H2,1-2H3,(H,14,16)(H,17,18). The quantitative estimate of drug-likeness (QED) is 0.679. The van der Waals surface area contributed by atoms with Crippen LogP contribution in [0.4, 0.5) is 0 Å². The van der Waals surface area contributed by atoms with Gasteiger partial charge in [0.05, 0.1) is 11.9 Å². The zero-order valence-electron chi connectivity index (χ0n) is 10.8. The van der Waals surface area contributed by atoms with Crippen LogP contribution in [-0.2, 0) is 9.59 Å². The van der Waals surface area contributed by atoms with Gasteiger partial charge in [0.2, 0.25) is 5.91 Å². The fraction of sp³-hybridized carbons (Fsp3) is 0.385. The molecule has 3 N–H and O–H groups in total. The summed E-state index contributed by atoms with van der Waals surface area (Å²) in [6.07, 6.45) is -1.13. The Kier molecular flexibility index (Phi) is 5.85. The van der Waals surface area contributed by atoms with E-state index >= 15 is 0 Å². The van der Waals surface area contributed by atoms with E-state index in [1.54, 1.807) is 0 Å². The average Bonchev–Trinajstić information content (AvgIpc) is 2.34. The van der Waals surface area contributed by atoms with Gasteiger partial charge in [0.1, 0.15) is 0 Å². The summed E-state index contributed by atoms with van der Waals surface area (Å²) in [4.78, 5) is 23.4. The highest BCUT2D eigenvalue weighted by Gasteiger charge is 2.24. The van der Waals surface area contributed by atoms with Crippen molar-refractivity contribution in [1.29, 1.82) is 0 Å². The Morgan fingerprint density at radius 2 is 2.00 bits per heavy atom. The van der Waals surface area contributed by atoms with Crippen LogP contribution in [-0.4, -0.2) is 40.0 Å². The van der Waals surface area contributed by atoms with Crippen LogP contribution in [0.15, 0.2) is 29.2 Å². The SMILES string of the molecule is Cc1ccccc1SCC(=O)NC(C(=O)O)C(C)O. The van der Waals surface area contributed by atoms with E-state index in [0.717, 1.165) is 10.5 Å². The van der Waals surface area contributed by atoms with Gasteiger partial charge in [-0.25, -0.2) is 4.79 Å². The lowest BCUT2D eigenvalue weighted by molar-refractivity contribution is -0.144. The molecule has 0 saturated heterocycles. The first kappa shape index (κ1) is 15.5. The highest BCUT2D eigenvalue weighted by atomic mass is 32.2. The van der Waals surface area contributed by atoms with Crippen molar-refractivity contribution in [2.24, 2.45) is 0 Å². The molecule has 5 nitrogen and oxygen atoms in total. The number of hydrogen-bond acceptors (Lipinski definition) is 4. The molecule has 1 aromatic carbocycles. The lowest BCUT2D eigenvalue weighted by atomic mass is 10.2. The minimum absolute atomic E-state index is 0.112. The molecule has 1 amide bonds. The summed E-state index contributed by atoms with van der Waals surface area (Å²) < 4.78 is 0. The molecule has 0 aliphatic rings. The van der Waals surface area contributed by atoms with E-state index in [1.807, 2.05) is 31.2 Å². The first-order valence-electron chi connectivity index (χ1n) is 5.80. The Labute approximate surface area is 116 Å². The van der Waals surface area contributed by atoms with Crippen molar-refractivity contribution in [2.45, 2.75) is 30.9 Å². The number of aliphatic carboxylic acids is 1. The van der Waals surface area contributed by atoms with Gasteiger partial charge in [0.15, 0.2) is 6.04 Å². The minimum Gasteiger partial charge on any atom is -0.480 e. The number of carbonyl (C=O) groups is 2. The Balaban J connectivity index is 2.52. The fourth-order valence-electron chi connectivity index (χ4n) is 1.47. The number of aliphatic hydroxyl groups is 1. The second-order valence-corrected chi connectivity index (χ2v) is 5.20. The van der Waals surface area contributed by atoms with Crippen LogP contribution >= 0.6 is 11.8 Å². The lowest BCUT2D eigenvalue weighted by Gasteiger charge is -2.16. The minimum atomic E-state index is -1.27. The largest absolute Gasteiger partial charge is 0.480 e. The van der Waals surface area contributed by atoms with Crippen LogP contribution in [0, 0.1) is 6.92 Å². The zero-order valence-corrected chi connectivity index (χ0v) is 11.6. The molecule has 19 heavy (non-hydrogen) atoms.